The van der Waals surface area contributed by atoms with Gasteiger partial charge in [-0.1, -0.05) is 33.7 Å². The molecule has 0 aromatic heterocycles. The third kappa shape index (κ3) is 11.4. The van der Waals surface area contributed by atoms with Gasteiger partial charge in [-0.05, 0) is 0 Å². The monoisotopic (exact) mass is 276 g/mol. The average Bonchev–Trinajstić information content (AvgIpc) is 2.02. The summed E-state index contributed by atoms with van der Waals surface area (Å²) < 4.78 is 23.7. The Morgan fingerprint density at radius 2 is 1.17 bits per heavy atom. The summed E-state index contributed by atoms with van der Waals surface area (Å²) in [5.74, 6) is -1.20. The van der Waals surface area contributed by atoms with Crippen molar-refractivity contribution in [1.82, 2.24) is 0 Å². The van der Waals surface area contributed by atoms with E-state index in [4.69, 9.17) is 33.7 Å². The highest BCUT2D eigenvalue weighted by molar-refractivity contribution is 8.20. The van der Waals surface area contributed by atoms with Crippen molar-refractivity contribution in [1.29, 1.82) is 0 Å². The largest absolute Gasteiger partial charge is 0.473 e. The van der Waals surface area contributed by atoms with Crippen LogP contribution >= 0.6 is 47.5 Å². The van der Waals surface area contributed by atoms with Crippen molar-refractivity contribution in [3.05, 3.63) is 0 Å². The van der Waals surface area contributed by atoms with Gasteiger partial charge in [-0.3, -0.25) is 13.6 Å². The summed E-state index contributed by atoms with van der Waals surface area (Å²) in [7, 11) is 0.611. The highest BCUT2D eigenvalue weighted by atomic mass is 36.0. The van der Waals surface area contributed by atoms with Gasteiger partial charge < -0.3 is 0 Å². The molecule has 0 spiro atoms. The molecule has 0 N–H and O–H groups in total. The second-order valence-electron chi connectivity index (χ2n) is 1.19. The van der Waals surface area contributed by atoms with Gasteiger partial charge in [-0.25, -0.2) is 4.57 Å². The summed E-state index contributed by atoms with van der Waals surface area (Å²) in [5.41, 5.74) is 0. The van der Waals surface area contributed by atoms with Crippen molar-refractivity contribution in [2.75, 3.05) is 21.3 Å². The van der Waals surface area contributed by atoms with E-state index < -0.39 is 13.8 Å². The Balaban J connectivity index is 0. The molecule has 0 aliphatic rings. The van der Waals surface area contributed by atoms with Crippen LogP contribution in [0.15, 0.2) is 0 Å². The molecule has 76 valence electrons. The lowest BCUT2D eigenvalue weighted by atomic mass is 11.8. The van der Waals surface area contributed by atoms with Crippen molar-refractivity contribution < 1.29 is 18.1 Å². The van der Waals surface area contributed by atoms with Crippen molar-refractivity contribution in [3.63, 3.8) is 0 Å². The van der Waals surface area contributed by atoms with Crippen LogP contribution in [-0.2, 0) is 18.1 Å². The first-order valence-electron chi connectivity index (χ1n) is 2.46. The Hall–Kier alpha value is 1.41. The Kier molecular flexibility index (Phi) is 11.9. The zero-order valence-corrected chi connectivity index (χ0v) is 10.7. The predicted octanol–water partition coefficient (Wildman–Crippen LogP) is 3.96. The van der Waals surface area contributed by atoms with Crippen LogP contribution in [0.3, 0.4) is 0 Å². The topological polar surface area (TPSA) is 44.8 Å². The lowest BCUT2D eigenvalue weighted by molar-refractivity contribution is 0.178. The molecule has 0 heterocycles. The first-order valence-corrected chi connectivity index (χ1v) is 7.98. The Bertz CT molecular complexity index is 122. The minimum Gasteiger partial charge on any atom is -0.290 e. The molecule has 4 nitrogen and oxygen atoms in total. The zero-order chi connectivity index (χ0) is 10.2. The SMILES string of the molecule is COP(=O)(OC)OC.ClP(Cl)Cl. The van der Waals surface area contributed by atoms with E-state index in [1.165, 1.54) is 21.3 Å². The molecule has 9 heteroatoms. The first kappa shape index (κ1) is 15.9. The van der Waals surface area contributed by atoms with Crippen LogP contribution < -0.4 is 0 Å². The molecule has 0 aliphatic heterocycles. The smallest absolute Gasteiger partial charge is 0.290 e. The molecule has 0 unspecified atom stereocenters. The number of rotatable bonds is 3. The average molecular weight is 277 g/mol. The maximum atomic E-state index is 10.7. The third-order valence-corrected chi connectivity index (χ3v) is 2.01. The predicted molar refractivity (Wildman–Crippen MR) is 53.1 cm³/mol. The number of phosphoric ester groups is 1. The number of phosphoric acid groups is 1. The second kappa shape index (κ2) is 8.98. The first-order chi connectivity index (χ1) is 5.41. The molecule has 0 aromatic rings. The Labute approximate surface area is 87.2 Å². The van der Waals surface area contributed by atoms with Crippen molar-refractivity contribution in [2.45, 2.75) is 0 Å². The molecule has 0 bridgehead atoms. The zero-order valence-electron chi connectivity index (χ0n) is 6.66. The van der Waals surface area contributed by atoms with E-state index in [-0.39, 0.29) is 0 Å². The minimum absolute atomic E-state index is 1.20. The van der Waals surface area contributed by atoms with Gasteiger partial charge in [0, 0.05) is 21.3 Å². The molecule has 0 atom stereocenters. The second-order valence-corrected chi connectivity index (χ2v) is 8.16. The van der Waals surface area contributed by atoms with Crippen molar-refractivity contribution >= 4 is 47.5 Å². The summed E-state index contributed by atoms with van der Waals surface area (Å²) in [6.45, 7) is 0. The molecular formula is C3H9Cl3O4P2. The molecule has 0 radical (unpaired) electrons. The van der Waals surface area contributed by atoms with E-state index in [1.807, 2.05) is 0 Å². The lowest BCUT2D eigenvalue weighted by Crippen LogP contribution is -1.88. The summed E-state index contributed by atoms with van der Waals surface area (Å²) in [4.78, 5) is 0. The standard InChI is InChI=1S/C3H9O4P.Cl3P/c1-5-8(4,6-2)7-3;1-4(2)3/h1-3H3;. The van der Waals surface area contributed by atoms with Gasteiger partial charge in [-0.2, -0.15) is 0 Å². The summed E-state index contributed by atoms with van der Waals surface area (Å²) in [6, 6.07) is 0. The molecule has 0 saturated carbocycles. The summed E-state index contributed by atoms with van der Waals surface area (Å²) >= 11 is 14.6. The van der Waals surface area contributed by atoms with Crippen molar-refractivity contribution in [3.8, 4) is 0 Å². The molecule has 0 aromatic carbocycles. The summed E-state index contributed by atoms with van der Waals surface area (Å²) in [5, 5.41) is 0. The van der Waals surface area contributed by atoms with E-state index in [1.54, 1.807) is 0 Å². The van der Waals surface area contributed by atoms with Gasteiger partial charge in [0.1, 0.15) is 0 Å². The molecule has 0 aliphatic carbocycles. The molecule has 0 rings (SSSR count). The van der Waals surface area contributed by atoms with E-state index in [9.17, 15) is 4.57 Å². The minimum atomic E-state index is -3.16. The number of hydrogen-bond donors (Lipinski definition) is 0. The fourth-order valence-corrected chi connectivity index (χ4v) is 0.671. The van der Waals surface area contributed by atoms with Crippen LogP contribution in [0, 0.1) is 0 Å². The Morgan fingerprint density at radius 1 is 1.00 bits per heavy atom. The van der Waals surface area contributed by atoms with Crippen LogP contribution in [0.2, 0.25) is 0 Å². The van der Waals surface area contributed by atoms with Gasteiger partial charge in [0.05, 0.1) is 0 Å². The fraction of sp³-hybridized carbons (Fsp3) is 1.00. The van der Waals surface area contributed by atoms with Crippen molar-refractivity contribution in [2.24, 2.45) is 0 Å². The maximum Gasteiger partial charge on any atom is 0.473 e. The molecule has 0 amide bonds. The van der Waals surface area contributed by atoms with Crippen LogP contribution in [0.25, 0.3) is 0 Å². The summed E-state index contributed by atoms with van der Waals surface area (Å²) in [6.07, 6.45) is 0. The van der Waals surface area contributed by atoms with Crippen LogP contribution in [0.5, 0.6) is 0 Å². The normalized spacial score (nSPS) is 10.9. The van der Waals surface area contributed by atoms with Gasteiger partial charge in [0.2, 0.25) is 0 Å². The van der Waals surface area contributed by atoms with Gasteiger partial charge in [0.25, 0.3) is 0 Å². The molecule has 0 fully saturated rings. The third-order valence-electron chi connectivity index (χ3n) is 0.671. The van der Waals surface area contributed by atoms with Gasteiger partial charge in [-0.15, -0.1) is 0 Å². The van der Waals surface area contributed by atoms with Crippen LogP contribution in [0.1, 0.15) is 0 Å². The van der Waals surface area contributed by atoms with Gasteiger partial charge in [0.15, 0.2) is 5.98 Å². The van der Waals surface area contributed by atoms with Crippen LogP contribution in [0.4, 0.5) is 0 Å². The highest BCUT2D eigenvalue weighted by Gasteiger charge is 2.18. The maximum absolute atomic E-state index is 10.7. The lowest BCUT2D eigenvalue weighted by Gasteiger charge is -2.08. The Morgan fingerprint density at radius 3 is 1.17 bits per heavy atom. The van der Waals surface area contributed by atoms with E-state index in [0.29, 0.717) is 0 Å². The molecule has 12 heavy (non-hydrogen) atoms. The number of hydrogen-bond acceptors (Lipinski definition) is 4. The van der Waals surface area contributed by atoms with E-state index >= 15 is 0 Å². The molecule has 0 saturated heterocycles. The van der Waals surface area contributed by atoms with E-state index in [0.717, 1.165) is 0 Å². The quantitative estimate of drug-likeness (QED) is 0.732. The highest BCUT2D eigenvalue weighted by Crippen LogP contribution is 2.51. The fourth-order valence-electron chi connectivity index (χ4n) is 0.224. The number of halogens is 3. The van der Waals surface area contributed by atoms with E-state index in [2.05, 4.69) is 13.6 Å². The molecular weight excluding hydrogens is 268 g/mol. The van der Waals surface area contributed by atoms with Gasteiger partial charge >= 0.3 is 7.82 Å². The van der Waals surface area contributed by atoms with Crippen LogP contribution in [-0.4, -0.2) is 21.3 Å².